The van der Waals surface area contributed by atoms with Crippen molar-refractivity contribution < 1.29 is 4.79 Å². The smallest absolute Gasteiger partial charge is 0.223 e. The van der Waals surface area contributed by atoms with Crippen LogP contribution in [0, 0.1) is 0 Å². The largest absolute Gasteiger partial charge is 0.335 e. The number of carbonyl (C=O) groups excluding carboxylic acids is 1. The summed E-state index contributed by atoms with van der Waals surface area (Å²) in [5, 5.41) is 3.82. The van der Waals surface area contributed by atoms with Gasteiger partial charge in [-0.2, -0.15) is 0 Å². The summed E-state index contributed by atoms with van der Waals surface area (Å²) in [5.41, 5.74) is 1.15. The Bertz CT molecular complexity index is 415. The first-order chi connectivity index (χ1) is 9.20. The van der Waals surface area contributed by atoms with Gasteiger partial charge in [0.25, 0.3) is 0 Å². The molecule has 0 spiro atoms. The molecule has 1 fully saturated rings. The average Bonchev–Trinajstić information content (AvgIpc) is 3.22. The number of halogens is 1. The van der Waals surface area contributed by atoms with E-state index in [1.165, 1.54) is 0 Å². The number of rotatable bonds is 7. The zero-order chi connectivity index (χ0) is 13.7. The molecule has 0 unspecified atom stereocenters. The highest BCUT2D eigenvalue weighted by molar-refractivity contribution is 6.30. The minimum Gasteiger partial charge on any atom is -0.335 e. The van der Waals surface area contributed by atoms with Crippen LogP contribution in [0.1, 0.15) is 31.2 Å². The topological polar surface area (TPSA) is 32.3 Å². The molecule has 2 rings (SSSR count). The Morgan fingerprint density at radius 3 is 2.63 bits per heavy atom. The van der Waals surface area contributed by atoms with Crippen LogP contribution in [0.2, 0.25) is 5.02 Å². The van der Waals surface area contributed by atoms with Gasteiger partial charge in [0.1, 0.15) is 0 Å². The van der Waals surface area contributed by atoms with E-state index < -0.39 is 0 Å². The molecule has 1 aliphatic carbocycles. The second kappa shape index (κ2) is 6.92. The van der Waals surface area contributed by atoms with Crippen LogP contribution in [0.25, 0.3) is 0 Å². The summed E-state index contributed by atoms with van der Waals surface area (Å²) in [6, 6.07) is 8.22. The van der Waals surface area contributed by atoms with Crippen molar-refractivity contribution in [3.05, 3.63) is 34.9 Å². The number of nitrogens with zero attached hydrogens (tertiary/aromatic N) is 1. The molecular weight excluding hydrogens is 260 g/mol. The van der Waals surface area contributed by atoms with Crippen molar-refractivity contribution in [3.63, 3.8) is 0 Å². The molecule has 1 aromatic carbocycles. The summed E-state index contributed by atoms with van der Waals surface area (Å²) >= 11 is 5.88. The van der Waals surface area contributed by atoms with Crippen LogP contribution < -0.4 is 5.32 Å². The van der Waals surface area contributed by atoms with Gasteiger partial charge in [-0.15, -0.1) is 0 Å². The predicted octanol–water partition coefficient (Wildman–Crippen LogP) is 2.83. The third kappa shape index (κ3) is 4.51. The van der Waals surface area contributed by atoms with E-state index in [0.29, 0.717) is 19.0 Å². The first kappa shape index (κ1) is 14.4. The Morgan fingerprint density at radius 2 is 2.05 bits per heavy atom. The van der Waals surface area contributed by atoms with Gasteiger partial charge in [-0.05, 0) is 50.6 Å². The Hall–Kier alpha value is -1.06. The molecule has 1 N–H and O–H groups in total. The number of amides is 1. The van der Waals surface area contributed by atoms with Crippen molar-refractivity contribution in [1.29, 1.82) is 0 Å². The maximum atomic E-state index is 12.2. The predicted molar refractivity (Wildman–Crippen MR) is 78.2 cm³/mol. The van der Waals surface area contributed by atoms with Gasteiger partial charge in [0.15, 0.2) is 0 Å². The second-order valence-corrected chi connectivity index (χ2v) is 5.52. The van der Waals surface area contributed by atoms with E-state index in [0.717, 1.165) is 36.4 Å². The molecule has 104 valence electrons. The fraction of sp³-hybridized carbons (Fsp3) is 0.533. The lowest BCUT2D eigenvalue weighted by atomic mass is 10.2. The molecule has 19 heavy (non-hydrogen) atoms. The van der Waals surface area contributed by atoms with E-state index in [9.17, 15) is 4.79 Å². The van der Waals surface area contributed by atoms with E-state index in [2.05, 4.69) is 5.32 Å². The maximum Gasteiger partial charge on any atom is 0.223 e. The summed E-state index contributed by atoms with van der Waals surface area (Å²) in [6.45, 7) is 1.60. The molecule has 1 amide bonds. The Labute approximate surface area is 119 Å². The number of carbonyl (C=O) groups is 1. The summed E-state index contributed by atoms with van der Waals surface area (Å²) in [4.78, 5) is 14.3. The molecule has 0 saturated heterocycles. The Morgan fingerprint density at radius 1 is 1.37 bits per heavy atom. The van der Waals surface area contributed by atoms with Gasteiger partial charge in [0.2, 0.25) is 5.91 Å². The third-order valence-corrected chi connectivity index (χ3v) is 3.64. The number of hydrogen-bond donors (Lipinski definition) is 1. The molecule has 3 nitrogen and oxygen atoms in total. The van der Waals surface area contributed by atoms with E-state index in [4.69, 9.17) is 11.6 Å². The molecule has 0 aromatic heterocycles. The van der Waals surface area contributed by atoms with Crippen LogP contribution in [0.5, 0.6) is 0 Å². The molecule has 0 atom stereocenters. The number of hydrogen-bond acceptors (Lipinski definition) is 2. The van der Waals surface area contributed by atoms with E-state index in [1.807, 2.05) is 36.2 Å². The van der Waals surface area contributed by atoms with Crippen molar-refractivity contribution in [3.8, 4) is 0 Å². The molecular formula is C15H21ClN2O. The fourth-order valence-corrected chi connectivity index (χ4v) is 2.28. The van der Waals surface area contributed by atoms with Crippen molar-refractivity contribution >= 4 is 17.5 Å². The van der Waals surface area contributed by atoms with E-state index in [-0.39, 0.29) is 5.91 Å². The molecule has 4 heteroatoms. The minimum absolute atomic E-state index is 0.271. The monoisotopic (exact) mass is 280 g/mol. The third-order valence-electron chi connectivity index (χ3n) is 3.39. The van der Waals surface area contributed by atoms with Gasteiger partial charge in [-0.3, -0.25) is 4.79 Å². The van der Waals surface area contributed by atoms with Crippen LogP contribution in [0.4, 0.5) is 0 Å². The van der Waals surface area contributed by atoms with Crippen molar-refractivity contribution in [2.24, 2.45) is 0 Å². The van der Waals surface area contributed by atoms with Gasteiger partial charge >= 0.3 is 0 Å². The Kier molecular flexibility index (Phi) is 5.23. The summed E-state index contributed by atoms with van der Waals surface area (Å²) in [5.74, 6) is 0.271. The normalized spacial score (nSPS) is 14.4. The van der Waals surface area contributed by atoms with E-state index >= 15 is 0 Å². The lowest BCUT2D eigenvalue weighted by molar-refractivity contribution is -0.132. The Balaban J connectivity index is 1.92. The van der Waals surface area contributed by atoms with Crippen LogP contribution in [0.15, 0.2) is 24.3 Å². The first-order valence-electron chi connectivity index (χ1n) is 6.89. The van der Waals surface area contributed by atoms with Gasteiger partial charge in [-0.25, -0.2) is 0 Å². The SMILES string of the molecule is CNCCCC(=O)N(Cc1ccc(Cl)cc1)C1CC1. The zero-order valence-corrected chi connectivity index (χ0v) is 12.1. The van der Waals surface area contributed by atoms with Crippen molar-refractivity contribution in [2.75, 3.05) is 13.6 Å². The van der Waals surface area contributed by atoms with Crippen LogP contribution in [0.3, 0.4) is 0 Å². The van der Waals surface area contributed by atoms with Crippen LogP contribution in [-0.4, -0.2) is 30.4 Å². The van der Waals surface area contributed by atoms with Crippen molar-refractivity contribution in [2.45, 2.75) is 38.3 Å². The molecule has 0 heterocycles. The molecule has 0 aliphatic heterocycles. The highest BCUT2D eigenvalue weighted by Crippen LogP contribution is 2.29. The van der Waals surface area contributed by atoms with E-state index in [1.54, 1.807) is 0 Å². The molecule has 0 bridgehead atoms. The second-order valence-electron chi connectivity index (χ2n) is 5.09. The average molecular weight is 281 g/mol. The lowest BCUT2D eigenvalue weighted by Gasteiger charge is -2.22. The molecule has 1 saturated carbocycles. The van der Waals surface area contributed by atoms with Gasteiger partial charge in [0, 0.05) is 24.0 Å². The van der Waals surface area contributed by atoms with Crippen LogP contribution in [-0.2, 0) is 11.3 Å². The van der Waals surface area contributed by atoms with Gasteiger partial charge < -0.3 is 10.2 Å². The molecule has 1 aromatic rings. The van der Waals surface area contributed by atoms with Gasteiger partial charge in [-0.1, -0.05) is 23.7 Å². The summed E-state index contributed by atoms with van der Waals surface area (Å²) < 4.78 is 0. The quantitative estimate of drug-likeness (QED) is 0.779. The number of nitrogens with one attached hydrogen (secondary N) is 1. The zero-order valence-electron chi connectivity index (χ0n) is 11.4. The minimum atomic E-state index is 0.271. The first-order valence-corrected chi connectivity index (χ1v) is 7.27. The van der Waals surface area contributed by atoms with Gasteiger partial charge in [0.05, 0.1) is 0 Å². The summed E-state index contributed by atoms with van der Waals surface area (Å²) in [6.07, 6.45) is 3.82. The number of benzene rings is 1. The maximum absolute atomic E-state index is 12.2. The highest BCUT2D eigenvalue weighted by Gasteiger charge is 2.31. The highest BCUT2D eigenvalue weighted by atomic mass is 35.5. The summed E-state index contributed by atoms with van der Waals surface area (Å²) in [7, 11) is 1.91. The molecule has 0 radical (unpaired) electrons. The lowest BCUT2D eigenvalue weighted by Crippen LogP contribution is -2.32. The molecule has 1 aliphatic rings. The van der Waals surface area contributed by atoms with Crippen molar-refractivity contribution in [1.82, 2.24) is 10.2 Å². The standard InChI is InChI=1S/C15H21ClN2O/c1-17-10-2-3-15(19)18(14-8-9-14)11-12-4-6-13(16)7-5-12/h4-7,14,17H,2-3,8-11H2,1H3. The fourth-order valence-electron chi connectivity index (χ4n) is 2.15. The van der Waals surface area contributed by atoms with Crippen LogP contribution >= 0.6 is 11.6 Å².